The first kappa shape index (κ1) is 11.4. The van der Waals surface area contributed by atoms with E-state index in [2.05, 4.69) is 50.8 Å². The van der Waals surface area contributed by atoms with E-state index in [4.69, 9.17) is 0 Å². The number of rotatable bonds is 6. The maximum absolute atomic E-state index is 4.14. The van der Waals surface area contributed by atoms with Gasteiger partial charge in [0.2, 0.25) is 0 Å². The van der Waals surface area contributed by atoms with E-state index in [0.29, 0.717) is 6.04 Å². The van der Waals surface area contributed by atoms with E-state index in [1.54, 1.807) is 6.33 Å². The molecular weight excluding hydrogens is 224 g/mol. The van der Waals surface area contributed by atoms with Crippen molar-refractivity contribution in [3.63, 3.8) is 0 Å². The fourth-order valence-corrected chi connectivity index (χ4v) is 2.34. The molecule has 1 aromatic heterocycles. The van der Waals surface area contributed by atoms with Gasteiger partial charge >= 0.3 is 0 Å². The lowest BCUT2D eigenvalue weighted by Crippen LogP contribution is -2.25. The number of aromatic nitrogens is 3. The molecule has 3 rings (SSSR count). The van der Waals surface area contributed by atoms with E-state index < -0.39 is 0 Å². The molecule has 0 saturated heterocycles. The highest BCUT2D eigenvalue weighted by molar-refractivity contribution is 5.21. The molecule has 94 valence electrons. The van der Waals surface area contributed by atoms with Gasteiger partial charge in [-0.3, -0.25) is 5.10 Å². The van der Waals surface area contributed by atoms with Gasteiger partial charge in [0, 0.05) is 19.0 Å². The Balaban J connectivity index is 1.58. The Morgan fingerprint density at radius 1 is 1.28 bits per heavy atom. The van der Waals surface area contributed by atoms with Crippen LogP contribution in [0.3, 0.4) is 0 Å². The minimum atomic E-state index is 0.495. The van der Waals surface area contributed by atoms with E-state index >= 15 is 0 Å². The average Bonchev–Trinajstić information content (AvgIpc) is 3.12. The summed E-state index contributed by atoms with van der Waals surface area (Å²) in [5, 5.41) is 10.4. The van der Waals surface area contributed by atoms with Crippen molar-refractivity contribution in [2.45, 2.75) is 25.3 Å². The Labute approximate surface area is 107 Å². The van der Waals surface area contributed by atoms with Gasteiger partial charge in [0.1, 0.15) is 12.2 Å². The second-order valence-electron chi connectivity index (χ2n) is 4.86. The smallest absolute Gasteiger partial charge is 0.137 e. The topological polar surface area (TPSA) is 53.6 Å². The van der Waals surface area contributed by atoms with Crippen LogP contribution in [0.2, 0.25) is 0 Å². The highest BCUT2D eigenvalue weighted by Crippen LogP contribution is 2.40. The molecule has 0 radical (unpaired) electrons. The van der Waals surface area contributed by atoms with Crippen molar-refractivity contribution in [1.82, 2.24) is 20.5 Å². The van der Waals surface area contributed by atoms with Crippen LogP contribution in [0.5, 0.6) is 0 Å². The van der Waals surface area contributed by atoms with Gasteiger partial charge in [-0.05, 0) is 24.3 Å². The van der Waals surface area contributed by atoms with Crippen molar-refractivity contribution in [1.29, 1.82) is 0 Å². The van der Waals surface area contributed by atoms with Gasteiger partial charge in [-0.2, -0.15) is 5.10 Å². The molecule has 4 nitrogen and oxygen atoms in total. The monoisotopic (exact) mass is 242 g/mol. The second-order valence-corrected chi connectivity index (χ2v) is 4.86. The summed E-state index contributed by atoms with van der Waals surface area (Å²) in [5.74, 6) is 1.76. The highest BCUT2D eigenvalue weighted by atomic mass is 15.2. The quantitative estimate of drug-likeness (QED) is 0.815. The summed E-state index contributed by atoms with van der Waals surface area (Å²) >= 11 is 0. The predicted octanol–water partition coefficient (Wildman–Crippen LogP) is 2.09. The molecule has 1 aliphatic rings. The Morgan fingerprint density at radius 2 is 2.11 bits per heavy atom. The molecule has 1 aliphatic carbocycles. The Morgan fingerprint density at radius 3 is 2.78 bits per heavy atom. The van der Waals surface area contributed by atoms with Gasteiger partial charge in [0.15, 0.2) is 0 Å². The minimum Gasteiger partial charge on any atom is -0.309 e. The third kappa shape index (κ3) is 2.76. The summed E-state index contributed by atoms with van der Waals surface area (Å²) in [6.45, 7) is 0.936. The normalized spacial score (nSPS) is 16.7. The molecule has 1 heterocycles. The summed E-state index contributed by atoms with van der Waals surface area (Å²) in [5.41, 5.74) is 1.40. The van der Waals surface area contributed by atoms with Crippen LogP contribution in [-0.4, -0.2) is 21.7 Å². The molecule has 1 fully saturated rings. The Kier molecular flexibility index (Phi) is 3.37. The summed E-state index contributed by atoms with van der Waals surface area (Å²) in [7, 11) is 0. The maximum atomic E-state index is 4.14. The van der Waals surface area contributed by atoms with E-state index in [0.717, 1.165) is 24.7 Å². The van der Waals surface area contributed by atoms with Crippen molar-refractivity contribution in [3.05, 3.63) is 48.0 Å². The van der Waals surface area contributed by atoms with E-state index in [1.807, 2.05) is 0 Å². The first-order valence-corrected chi connectivity index (χ1v) is 6.56. The molecule has 0 amide bonds. The van der Waals surface area contributed by atoms with Crippen molar-refractivity contribution >= 4 is 0 Å². The molecule has 0 aliphatic heterocycles. The van der Waals surface area contributed by atoms with Gasteiger partial charge in [-0.25, -0.2) is 4.98 Å². The molecule has 0 bridgehead atoms. The standard InChI is InChI=1S/C14H18N4/c1-2-4-11(5-3-1)14(12-6-7-12)15-9-8-13-16-10-17-18-13/h1-5,10,12,14-15H,6-9H2,(H,16,17,18). The lowest BCUT2D eigenvalue weighted by Gasteiger charge is -2.18. The largest absolute Gasteiger partial charge is 0.309 e. The molecule has 4 heteroatoms. The maximum Gasteiger partial charge on any atom is 0.137 e. The first-order valence-electron chi connectivity index (χ1n) is 6.56. The van der Waals surface area contributed by atoms with Crippen LogP contribution in [0.25, 0.3) is 0 Å². The van der Waals surface area contributed by atoms with Crippen molar-refractivity contribution in [2.75, 3.05) is 6.54 Å². The van der Waals surface area contributed by atoms with E-state index in [1.165, 1.54) is 18.4 Å². The molecule has 2 aromatic rings. The molecular formula is C14H18N4. The van der Waals surface area contributed by atoms with Gasteiger partial charge in [0.25, 0.3) is 0 Å². The molecule has 1 aromatic carbocycles. The fourth-order valence-electron chi connectivity index (χ4n) is 2.34. The van der Waals surface area contributed by atoms with Gasteiger partial charge in [-0.15, -0.1) is 0 Å². The van der Waals surface area contributed by atoms with E-state index in [-0.39, 0.29) is 0 Å². The molecule has 1 saturated carbocycles. The van der Waals surface area contributed by atoms with Crippen LogP contribution >= 0.6 is 0 Å². The summed E-state index contributed by atoms with van der Waals surface area (Å²) in [4.78, 5) is 4.14. The third-order valence-electron chi connectivity index (χ3n) is 3.44. The van der Waals surface area contributed by atoms with Gasteiger partial charge in [0.05, 0.1) is 0 Å². The predicted molar refractivity (Wildman–Crippen MR) is 70.0 cm³/mol. The number of benzene rings is 1. The first-order chi connectivity index (χ1) is 8.93. The van der Waals surface area contributed by atoms with Crippen LogP contribution in [0.15, 0.2) is 36.7 Å². The lowest BCUT2D eigenvalue weighted by atomic mass is 10.0. The second kappa shape index (κ2) is 5.31. The van der Waals surface area contributed by atoms with Gasteiger partial charge in [-0.1, -0.05) is 30.3 Å². The summed E-state index contributed by atoms with van der Waals surface area (Å²) in [6, 6.07) is 11.2. The number of hydrogen-bond donors (Lipinski definition) is 2. The molecule has 1 unspecified atom stereocenters. The Hall–Kier alpha value is -1.68. The zero-order chi connectivity index (χ0) is 12.2. The average molecular weight is 242 g/mol. The van der Waals surface area contributed by atoms with Crippen LogP contribution < -0.4 is 5.32 Å². The van der Waals surface area contributed by atoms with Crippen molar-refractivity contribution in [2.24, 2.45) is 5.92 Å². The number of hydrogen-bond acceptors (Lipinski definition) is 3. The third-order valence-corrected chi connectivity index (χ3v) is 3.44. The Bertz CT molecular complexity index is 462. The van der Waals surface area contributed by atoms with Crippen LogP contribution in [-0.2, 0) is 6.42 Å². The van der Waals surface area contributed by atoms with Crippen LogP contribution in [0.1, 0.15) is 30.3 Å². The van der Waals surface area contributed by atoms with Crippen LogP contribution in [0.4, 0.5) is 0 Å². The van der Waals surface area contributed by atoms with Crippen LogP contribution in [0, 0.1) is 5.92 Å². The zero-order valence-electron chi connectivity index (χ0n) is 10.3. The minimum absolute atomic E-state index is 0.495. The molecule has 0 spiro atoms. The number of nitrogens with zero attached hydrogens (tertiary/aromatic N) is 2. The molecule has 18 heavy (non-hydrogen) atoms. The lowest BCUT2D eigenvalue weighted by molar-refractivity contribution is 0.481. The summed E-state index contributed by atoms with van der Waals surface area (Å²) < 4.78 is 0. The van der Waals surface area contributed by atoms with E-state index in [9.17, 15) is 0 Å². The summed E-state index contributed by atoms with van der Waals surface area (Å²) in [6.07, 6.45) is 5.14. The number of H-pyrrole nitrogens is 1. The fraction of sp³-hybridized carbons (Fsp3) is 0.429. The highest BCUT2D eigenvalue weighted by Gasteiger charge is 2.31. The molecule has 1 atom stereocenters. The van der Waals surface area contributed by atoms with Gasteiger partial charge < -0.3 is 5.32 Å². The van der Waals surface area contributed by atoms with Crippen molar-refractivity contribution < 1.29 is 0 Å². The SMILES string of the molecule is c1ccc(C(NCCc2ncn[nH]2)C2CC2)cc1. The number of aromatic amines is 1. The van der Waals surface area contributed by atoms with Crippen molar-refractivity contribution in [3.8, 4) is 0 Å². The number of nitrogens with one attached hydrogen (secondary N) is 2. The zero-order valence-corrected chi connectivity index (χ0v) is 10.3. The molecule has 2 N–H and O–H groups in total.